The van der Waals surface area contributed by atoms with E-state index in [4.69, 9.17) is 16.3 Å². The summed E-state index contributed by atoms with van der Waals surface area (Å²) in [7, 11) is 0. The van der Waals surface area contributed by atoms with Crippen molar-refractivity contribution in [1.82, 2.24) is 15.1 Å². The number of ether oxygens (including phenoxy) is 1. The summed E-state index contributed by atoms with van der Waals surface area (Å²) in [5, 5.41) is 4.59. The molecule has 0 atom stereocenters. The zero-order valence-corrected chi connectivity index (χ0v) is 19.5. The standard InChI is InChI=1S/C23H19ClF3N3O3S/c1-2-3-4-18-19(34-21(28-18)13-5-7-14(8-6-13)23(25,26)27)12-32-15-9-10-16(17(24)11-15)20-29-22(31)33-30-20/h5-11H,2-4,12H2,1H3,(H,29,30,31). The van der Waals surface area contributed by atoms with Crippen LogP contribution < -0.4 is 10.5 Å². The minimum absolute atomic E-state index is 0.215. The fraction of sp³-hybridized carbons (Fsp3) is 0.261. The zero-order valence-electron chi connectivity index (χ0n) is 17.9. The Morgan fingerprint density at radius 3 is 2.56 bits per heavy atom. The molecule has 11 heteroatoms. The van der Waals surface area contributed by atoms with E-state index in [1.807, 2.05) is 0 Å². The van der Waals surface area contributed by atoms with Crippen LogP contribution in [0.25, 0.3) is 22.0 Å². The minimum Gasteiger partial charge on any atom is -0.488 e. The zero-order chi connectivity index (χ0) is 24.3. The first kappa shape index (κ1) is 24.0. The molecule has 0 radical (unpaired) electrons. The minimum atomic E-state index is -4.38. The molecule has 34 heavy (non-hydrogen) atoms. The van der Waals surface area contributed by atoms with Gasteiger partial charge in [-0.1, -0.05) is 42.2 Å². The van der Waals surface area contributed by atoms with E-state index in [1.54, 1.807) is 18.2 Å². The van der Waals surface area contributed by atoms with Crippen LogP contribution in [0, 0.1) is 0 Å². The number of aromatic amines is 1. The van der Waals surface area contributed by atoms with Crippen LogP contribution in [0.15, 0.2) is 51.8 Å². The third kappa shape index (κ3) is 5.51. The molecule has 0 saturated carbocycles. The Balaban J connectivity index is 1.53. The quantitative estimate of drug-likeness (QED) is 0.284. The molecule has 178 valence electrons. The smallest absolute Gasteiger partial charge is 0.439 e. The van der Waals surface area contributed by atoms with Crippen LogP contribution in [-0.4, -0.2) is 15.1 Å². The molecule has 0 amide bonds. The molecule has 0 fully saturated rings. The van der Waals surface area contributed by atoms with Crippen molar-refractivity contribution in [3.8, 4) is 27.7 Å². The van der Waals surface area contributed by atoms with Gasteiger partial charge in [0, 0.05) is 11.1 Å². The topological polar surface area (TPSA) is 81.0 Å². The number of thiazole rings is 1. The lowest BCUT2D eigenvalue weighted by molar-refractivity contribution is -0.137. The number of aryl methyl sites for hydroxylation is 1. The monoisotopic (exact) mass is 509 g/mol. The maximum absolute atomic E-state index is 12.9. The van der Waals surface area contributed by atoms with E-state index in [-0.39, 0.29) is 12.4 Å². The molecular formula is C23H19ClF3N3O3S. The Morgan fingerprint density at radius 1 is 1.18 bits per heavy atom. The number of hydrogen-bond acceptors (Lipinski definition) is 6. The number of H-pyrrole nitrogens is 1. The highest BCUT2D eigenvalue weighted by atomic mass is 35.5. The highest BCUT2D eigenvalue weighted by molar-refractivity contribution is 7.15. The number of hydrogen-bond donors (Lipinski definition) is 1. The molecule has 2 aromatic carbocycles. The normalized spacial score (nSPS) is 11.7. The Labute approximate surface area is 201 Å². The van der Waals surface area contributed by atoms with Gasteiger partial charge in [-0.2, -0.15) is 13.2 Å². The van der Waals surface area contributed by atoms with Crippen molar-refractivity contribution in [2.24, 2.45) is 0 Å². The fourth-order valence-corrected chi connectivity index (χ4v) is 4.52. The number of halogens is 4. The van der Waals surface area contributed by atoms with Crippen LogP contribution in [0.4, 0.5) is 13.2 Å². The maximum atomic E-state index is 12.9. The highest BCUT2D eigenvalue weighted by Crippen LogP contribution is 2.34. The first-order valence-electron chi connectivity index (χ1n) is 10.4. The largest absolute Gasteiger partial charge is 0.488 e. The van der Waals surface area contributed by atoms with E-state index >= 15 is 0 Å². The second-order valence-electron chi connectivity index (χ2n) is 7.44. The van der Waals surface area contributed by atoms with Crippen LogP contribution >= 0.6 is 22.9 Å². The number of nitrogens with one attached hydrogen (secondary N) is 1. The van der Waals surface area contributed by atoms with E-state index in [2.05, 4.69) is 26.6 Å². The van der Waals surface area contributed by atoms with Crippen molar-refractivity contribution in [3.63, 3.8) is 0 Å². The molecule has 0 unspecified atom stereocenters. The second-order valence-corrected chi connectivity index (χ2v) is 8.93. The van der Waals surface area contributed by atoms with Gasteiger partial charge in [-0.15, -0.1) is 11.3 Å². The van der Waals surface area contributed by atoms with Gasteiger partial charge in [0.15, 0.2) is 5.82 Å². The van der Waals surface area contributed by atoms with Gasteiger partial charge in [-0.05, 0) is 43.2 Å². The molecule has 4 aromatic rings. The molecule has 2 heterocycles. The number of benzene rings is 2. The Kier molecular flexibility index (Phi) is 7.08. The summed E-state index contributed by atoms with van der Waals surface area (Å²) in [5.41, 5.74) is 1.28. The van der Waals surface area contributed by atoms with Gasteiger partial charge in [0.2, 0.25) is 0 Å². The molecule has 0 bridgehead atoms. The van der Waals surface area contributed by atoms with Crippen LogP contribution in [-0.2, 0) is 19.2 Å². The summed E-state index contributed by atoms with van der Waals surface area (Å²) in [6.07, 6.45) is -1.73. The van der Waals surface area contributed by atoms with E-state index in [9.17, 15) is 18.0 Å². The molecule has 2 aromatic heterocycles. The maximum Gasteiger partial charge on any atom is 0.439 e. The summed E-state index contributed by atoms with van der Waals surface area (Å²) in [6.45, 7) is 2.30. The first-order chi connectivity index (χ1) is 16.2. The van der Waals surface area contributed by atoms with Gasteiger partial charge in [0.25, 0.3) is 0 Å². The average Bonchev–Trinajstić information content (AvgIpc) is 3.42. The lowest BCUT2D eigenvalue weighted by Gasteiger charge is -2.08. The third-order valence-electron chi connectivity index (χ3n) is 5.01. The molecular weight excluding hydrogens is 491 g/mol. The number of aromatic nitrogens is 3. The van der Waals surface area contributed by atoms with Crippen molar-refractivity contribution in [2.45, 2.75) is 39.0 Å². The van der Waals surface area contributed by atoms with E-state index in [0.29, 0.717) is 26.9 Å². The van der Waals surface area contributed by atoms with Crippen molar-refractivity contribution >= 4 is 22.9 Å². The summed E-state index contributed by atoms with van der Waals surface area (Å²) in [4.78, 5) is 19.2. The molecule has 0 saturated heterocycles. The Bertz CT molecular complexity index is 1330. The van der Waals surface area contributed by atoms with E-state index in [1.165, 1.54) is 23.5 Å². The van der Waals surface area contributed by atoms with Gasteiger partial charge >= 0.3 is 11.9 Å². The predicted molar refractivity (Wildman–Crippen MR) is 123 cm³/mol. The van der Waals surface area contributed by atoms with Crippen molar-refractivity contribution < 1.29 is 22.4 Å². The summed E-state index contributed by atoms with van der Waals surface area (Å²) >= 11 is 7.70. The lowest BCUT2D eigenvalue weighted by Crippen LogP contribution is -2.03. The number of rotatable bonds is 8. The summed E-state index contributed by atoms with van der Waals surface area (Å²) in [5.74, 6) is 0.0394. The molecule has 1 N–H and O–H groups in total. The molecule has 0 aliphatic carbocycles. The Morgan fingerprint density at radius 2 is 1.94 bits per heavy atom. The predicted octanol–water partition coefficient (Wildman–Crippen LogP) is 6.75. The SMILES string of the molecule is CCCCc1nc(-c2ccc(C(F)(F)F)cc2)sc1COc1ccc(-c2noc(=O)[nH]2)c(Cl)c1. The van der Waals surface area contributed by atoms with Crippen LogP contribution in [0.5, 0.6) is 5.75 Å². The summed E-state index contributed by atoms with van der Waals surface area (Å²) < 4.78 is 49.1. The number of unbranched alkanes of at least 4 members (excludes halogenated alkanes) is 1. The van der Waals surface area contributed by atoms with Crippen molar-refractivity contribution in [3.05, 3.63) is 74.2 Å². The number of nitrogens with zero attached hydrogens (tertiary/aromatic N) is 2. The number of alkyl halides is 3. The van der Waals surface area contributed by atoms with Gasteiger partial charge in [-0.3, -0.25) is 9.51 Å². The molecule has 0 aliphatic heterocycles. The third-order valence-corrected chi connectivity index (χ3v) is 6.44. The van der Waals surface area contributed by atoms with Gasteiger partial charge in [0.05, 0.1) is 21.2 Å². The lowest BCUT2D eigenvalue weighted by atomic mass is 10.1. The van der Waals surface area contributed by atoms with Crippen molar-refractivity contribution in [1.29, 1.82) is 0 Å². The first-order valence-corrected chi connectivity index (χ1v) is 11.6. The van der Waals surface area contributed by atoms with Gasteiger partial charge < -0.3 is 4.74 Å². The Hall–Kier alpha value is -3.11. The van der Waals surface area contributed by atoms with Gasteiger partial charge in [0.1, 0.15) is 17.4 Å². The fourth-order valence-electron chi connectivity index (χ4n) is 3.23. The van der Waals surface area contributed by atoms with E-state index in [0.717, 1.165) is 42.0 Å². The van der Waals surface area contributed by atoms with Crippen LogP contribution in [0.3, 0.4) is 0 Å². The van der Waals surface area contributed by atoms with Crippen LogP contribution in [0.2, 0.25) is 5.02 Å². The molecule has 6 nitrogen and oxygen atoms in total. The van der Waals surface area contributed by atoms with E-state index < -0.39 is 17.5 Å². The second kappa shape index (κ2) is 10.0. The van der Waals surface area contributed by atoms with Crippen molar-refractivity contribution in [2.75, 3.05) is 0 Å². The molecule has 4 rings (SSSR count). The molecule has 0 aliphatic rings. The van der Waals surface area contributed by atoms with Gasteiger partial charge in [-0.25, -0.2) is 9.78 Å². The van der Waals surface area contributed by atoms with Crippen LogP contribution in [0.1, 0.15) is 35.9 Å². The summed E-state index contributed by atoms with van der Waals surface area (Å²) in [6, 6.07) is 9.94. The average molecular weight is 510 g/mol. The highest BCUT2D eigenvalue weighted by Gasteiger charge is 2.30. The molecule has 0 spiro atoms.